The summed E-state index contributed by atoms with van der Waals surface area (Å²) in [5.74, 6) is 0.948. The molecular weight excluding hydrogens is 449 g/mol. The fourth-order valence-electron chi connectivity index (χ4n) is 3.66. The topological polar surface area (TPSA) is 56.1 Å². The summed E-state index contributed by atoms with van der Waals surface area (Å²) in [6.07, 6.45) is 1.67. The van der Waals surface area contributed by atoms with E-state index in [1.165, 1.54) is 0 Å². The Morgan fingerprint density at radius 1 is 1.21 bits per heavy atom. The number of hydrogen-bond acceptors (Lipinski definition) is 5. The van der Waals surface area contributed by atoms with Crippen LogP contribution in [-0.4, -0.2) is 33.4 Å². The summed E-state index contributed by atoms with van der Waals surface area (Å²) >= 11 is 9.50. The van der Waals surface area contributed by atoms with Crippen LogP contribution < -0.4 is 9.64 Å². The highest BCUT2D eigenvalue weighted by molar-refractivity contribution is 9.10. The molecule has 4 aromatic rings. The van der Waals surface area contributed by atoms with Crippen LogP contribution in [0, 0.1) is 5.82 Å². The average molecular weight is 463 g/mol. The molecule has 1 aliphatic heterocycles. The highest BCUT2D eigenvalue weighted by Gasteiger charge is 2.27. The first kappa shape index (κ1) is 17.6. The fraction of sp³-hybridized carbons (Fsp3) is 0.211. The molecule has 0 aliphatic carbocycles. The molecule has 2 aromatic heterocycles. The third-order valence-corrected chi connectivity index (χ3v) is 5.93. The zero-order valence-electron chi connectivity index (χ0n) is 14.8. The third kappa shape index (κ3) is 2.62. The fourth-order valence-corrected chi connectivity index (χ4v) is 4.30. The Morgan fingerprint density at radius 3 is 2.75 bits per heavy atom. The van der Waals surface area contributed by atoms with Gasteiger partial charge in [-0.2, -0.15) is 10.1 Å². The number of methoxy groups -OCH3 is 1. The maximum atomic E-state index is 15.0. The normalized spacial score (nSPS) is 13.5. The Labute approximate surface area is 173 Å². The van der Waals surface area contributed by atoms with Gasteiger partial charge in [0.15, 0.2) is 5.82 Å². The second-order valence-corrected chi connectivity index (χ2v) is 7.70. The van der Waals surface area contributed by atoms with Crippen molar-refractivity contribution in [2.24, 2.45) is 0 Å². The molecule has 0 unspecified atom stereocenters. The Balaban J connectivity index is 1.72. The molecule has 0 amide bonds. The summed E-state index contributed by atoms with van der Waals surface area (Å²) in [6, 6.07) is 7.83. The van der Waals surface area contributed by atoms with E-state index in [1.807, 2.05) is 28.9 Å². The van der Waals surface area contributed by atoms with Crippen molar-refractivity contribution in [3.63, 3.8) is 0 Å². The second-order valence-electron chi connectivity index (χ2n) is 6.57. The molecule has 0 spiro atoms. The van der Waals surface area contributed by atoms with Crippen LogP contribution in [0.25, 0.3) is 21.8 Å². The Morgan fingerprint density at radius 2 is 2.00 bits per heavy atom. The lowest BCUT2D eigenvalue weighted by Gasteiger charge is -2.23. The number of aromatic nitrogens is 4. The van der Waals surface area contributed by atoms with Crippen LogP contribution in [0.1, 0.15) is 5.56 Å². The molecule has 6 nitrogen and oxygen atoms in total. The molecular formula is C19H14BrClFN5O. The van der Waals surface area contributed by atoms with Gasteiger partial charge in [0, 0.05) is 18.5 Å². The molecule has 0 saturated heterocycles. The molecule has 0 radical (unpaired) electrons. The van der Waals surface area contributed by atoms with Crippen LogP contribution >= 0.6 is 27.5 Å². The smallest absolute Gasteiger partial charge is 0.225 e. The van der Waals surface area contributed by atoms with E-state index in [9.17, 15) is 0 Å². The first-order valence-electron chi connectivity index (χ1n) is 8.64. The standard InChI is InChI=1S/C19H14BrClFN5O/c1-28-11-4-2-10(3-5-11)9-26-6-7-27-17-12(8-23-27)14(20)15(22)16-13(17)18(26)25-19(21)24-16/h2-5,8H,6-7,9H2,1H3. The number of ether oxygens (including phenoxy) is 1. The predicted octanol–water partition coefficient (Wildman–Crippen LogP) is 4.56. The van der Waals surface area contributed by atoms with E-state index in [0.717, 1.165) is 16.8 Å². The second kappa shape index (κ2) is 6.56. The largest absolute Gasteiger partial charge is 0.497 e. The van der Waals surface area contributed by atoms with E-state index in [4.69, 9.17) is 16.3 Å². The number of hydrogen-bond donors (Lipinski definition) is 0. The highest BCUT2D eigenvalue weighted by Crippen LogP contribution is 2.40. The van der Waals surface area contributed by atoms with Crippen molar-refractivity contribution < 1.29 is 9.13 Å². The Bertz CT molecular complexity index is 1230. The Kier molecular flexibility index (Phi) is 4.13. The minimum atomic E-state index is -0.459. The van der Waals surface area contributed by atoms with Crippen LogP contribution in [-0.2, 0) is 13.1 Å². The van der Waals surface area contributed by atoms with Gasteiger partial charge in [-0.25, -0.2) is 9.37 Å². The van der Waals surface area contributed by atoms with Crippen molar-refractivity contribution in [1.29, 1.82) is 0 Å². The van der Waals surface area contributed by atoms with E-state index >= 15 is 4.39 Å². The molecule has 0 bridgehead atoms. The van der Waals surface area contributed by atoms with Gasteiger partial charge >= 0.3 is 0 Å². The number of halogens is 3. The maximum absolute atomic E-state index is 15.0. The summed E-state index contributed by atoms with van der Waals surface area (Å²) < 4.78 is 22.5. The van der Waals surface area contributed by atoms with Gasteiger partial charge in [-0.15, -0.1) is 0 Å². The van der Waals surface area contributed by atoms with Crippen LogP contribution in [0.5, 0.6) is 5.75 Å². The van der Waals surface area contributed by atoms with E-state index < -0.39 is 5.82 Å². The van der Waals surface area contributed by atoms with E-state index in [1.54, 1.807) is 13.3 Å². The molecule has 28 heavy (non-hydrogen) atoms. The number of anilines is 1. The van der Waals surface area contributed by atoms with Crippen LogP contribution in [0.4, 0.5) is 10.2 Å². The van der Waals surface area contributed by atoms with Gasteiger partial charge < -0.3 is 9.64 Å². The first-order chi connectivity index (χ1) is 13.6. The predicted molar refractivity (Wildman–Crippen MR) is 110 cm³/mol. The zero-order chi connectivity index (χ0) is 19.4. The maximum Gasteiger partial charge on any atom is 0.225 e. The Hall–Kier alpha value is -2.45. The van der Waals surface area contributed by atoms with Gasteiger partial charge in [-0.05, 0) is 45.2 Å². The van der Waals surface area contributed by atoms with Crippen LogP contribution in [0.3, 0.4) is 0 Å². The molecule has 142 valence electrons. The summed E-state index contributed by atoms with van der Waals surface area (Å²) in [7, 11) is 1.64. The van der Waals surface area contributed by atoms with Gasteiger partial charge in [-0.3, -0.25) is 4.68 Å². The van der Waals surface area contributed by atoms with Crippen molar-refractivity contribution in [1.82, 2.24) is 19.7 Å². The van der Waals surface area contributed by atoms with Crippen molar-refractivity contribution in [2.75, 3.05) is 18.6 Å². The molecule has 0 N–H and O–H groups in total. The lowest BCUT2D eigenvalue weighted by atomic mass is 10.1. The SMILES string of the molecule is COc1ccc(CN2CCn3ncc4c(Br)c(F)c5nc(Cl)nc2c5c43)cc1. The summed E-state index contributed by atoms with van der Waals surface area (Å²) in [5, 5.41) is 5.79. The first-order valence-corrected chi connectivity index (χ1v) is 9.81. The molecule has 0 saturated carbocycles. The molecule has 2 aromatic carbocycles. The average Bonchev–Trinajstić information content (AvgIpc) is 3.07. The molecule has 0 fully saturated rings. The summed E-state index contributed by atoms with van der Waals surface area (Å²) in [5.41, 5.74) is 2.09. The molecule has 1 aliphatic rings. The minimum absolute atomic E-state index is 0.0142. The van der Waals surface area contributed by atoms with Gasteiger partial charge in [0.2, 0.25) is 5.28 Å². The number of nitrogens with zero attached hydrogens (tertiary/aromatic N) is 5. The minimum Gasteiger partial charge on any atom is -0.497 e. The lowest BCUT2D eigenvalue weighted by Crippen LogP contribution is -2.27. The molecule has 5 rings (SSSR count). The van der Waals surface area contributed by atoms with Crippen LogP contribution in [0.15, 0.2) is 34.9 Å². The van der Waals surface area contributed by atoms with Gasteiger partial charge in [-0.1, -0.05) is 12.1 Å². The summed E-state index contributed by atoms with van der Waals surface area (Å²) in [6.45, 7) is 1.89. The number of benzene rings is 2. The molecule has 0 atom stereocenters. The van der Waals surface area contributed by atoms with Crippen molar-refractivity contribution in [3.05, 3.63) is 51.6 Å². The third-order valence-electron chi connectivity index (χ3n) is 4.99. The summed E-state index contributed by atoms with van der Waals surface area (Å²) in [4.78, 5) is 10.7. The van der Waals surface area contributed by atoms with Crippen molar-refractivity contribution in [3.8, 4) is 5.75 Å². The van der Waals surface area contributed by atoms with Gasteiger partial charge in [0.05, 0.1) is 35.2 Å². The highest BCUT2D eigenvalue weighted by atomic mass is 79.9. The van der Waals surface area contributed by atoms with Crippen LogP contribution in [0.2, 0.25) is 5.28 Å². The molecule has 9 heteroatoms. The van der Waals surface area contributed by atoms with Crippen molar-refractivity contribution in [2.45, 2.75) is 13.1 Å². The zero-order valence-corrected chi connectivity index (χ0v) is 17.1. The molecule has 3 heterocycles. The van der Waals surface area contributed by atoms with Gasteiger partial charge in [0.25, 0.3) is 0 Å². The van der Waals surface area contributed by atoms with E-state index in [-0.39, 0.29) is 10.8 Å². The van der Waals surface area contributed by atoms with Crippen molar-refractivity contribution >= 4 is 55.2 Å². The number of rotatable bonds is 3. The lowest BCUT2D eigenvalue weighted by molar-refractivity contribution is 0.414. The van der Waals surface area contributed by atoms with E-state index in [2.05, 4.69) is 35.9 Å². The quantitative estimate of drug-likeness (QED) is 0.418. The van der Waals surface area contributed by atoms with Gasteiger partial charge in [0.1, 0.15) is 17.1 Å². The monoisotopic (exact) mass is 461 g/mol. The van der Waals surface area contributed by atoms with E-state index in [0.29, 0.717) is 40.7 Å².